The van der Waals surface area contributed by atoms with Gasteiger partial charge < -0.3 is 20.5 Å². The molecule has 0 saturated heterocycles. The zero-order valence-electron chi connectivity index (χ0n) is 13.6. The monoisotopic (exact) mass is 308 g/mol. The first kappa shape index (κ1) is 17.8. The molecule has 0 unspecified atom stereocenters. The van der Waals surface area contributed by atoms with Crippen LogP contribution in [0.2, 0.25) is 0 Å². The summed E-state index contributed by atoms with van der Waals surface area (Å²) in [6.45, 7) is 8.07. The lowest BCUT2D eigenvalue weighted by Crippen LogP contribution is -2.33. The van der Waals surface area contributed by atoms with Gasteiger partial charge in [-0.25, -0.2) is 4.79 Å². The van der Waals surface area contributed by atoms with Crippen molar-refractivity contribution >= 4 is 12.0 Å². The van der Waals surface area contributed by atoms with Gasteiger partial charge in [0.05, 0.1) is 12.2 Å². The summed E-state index contributed by atoms with van der Waals surface area (Å²) in [7, 11) is 0. The maximum absolute atomic E-state index is 11.4. The highest BCUT2D eigenvalue weighted by Gasteiger charge is 2.15. The lowest BCUT2D eigenvalue weighted by molar-refractivity contribution is 0.0525. The number of ether oxygens (including phenoxy) is 2. The molecule has 6 nitrogen and oxygen atoms in total. The summed E-state index contributed by atoms with van der Waals surface area (Å²) in [6.07, 6.45) is 0.131. The van der Waals surface area contributed by atoms with Gasteiger partial charge in [0, 0.05) is 6.54 Å². The van der Waals surface area contributed by atoms with Gasteiger partial charge in [-0.15, -0.1) is 0 Å². The molecule has 0 spiro atoms. The molecule has 0 aliphatic heterocycles. The van der Waals surface area contributed by atoms with Gasteiger partial charge in [0.1, 0.15) is 11.4 Å². The number of hydrogen-bond donors (Lipinski definition) is 2. The van der Waals surface area contributed by atoms with E-state index in [9.17, 15) is 9.59 Å². The summed E-state index contributed by atoms with van der Waals surface area (Å²) in [6, 6.07) is 5.26. The number of carbonyl (C=O) groups is 2. The van der Waals surface area contributed by atoms with E-state index in [1.807, 2.05) is 13.0 Å². The van der Waals surface area contributed by atoms with Crippen molar-refractivity contribution in [3.8, 4) is 5.75 Å². The van der Waals surface area contributed by atoms with Crippen LogP contribution in [0.4, 0.5) is 4.79 Å². The number of nitrogens with two attached hydrogens (primary N) is 1. The second-order valence-corrected chi connectivity index (χ2v) is 5.99. The molecule has 1 rings (SSSR count). The van der Waals surface area contributed by atoms with Crippen LogP contribution in [-0.2, 0) is 4.74 Å². The Bertz CT molecular complexity index is 535. The molecular formula is C16H24N2O4. The van der Waals surface area contributed by atoms with E-state index >= 15 is 0 Å². The smallest absolute Gasteiger partial charge is 0.407 e. The Balaban J connectivity index is 2.37. The van der Waals surface area contributed by atoms with Crippen LogP contribution in [0.25, 0.3) is 0 Å². The van der Waals surface area contributed by atoms with Gasteiger partial charge in [0.2, 0.25) is 0 Å². The Labute approximate surface area is 131 Å². The number of hydrogen-bond acceptors (Lipinski definition) is 4. The number of benzene rings is 1. The molecule has 22 heavy (non-hydrogen) atoms. The van der Waals surface area contributed by atoms with E-state index in [1.54, 1.807) is 32.9 Å². The van der Waals surface area contributed by atoms with E-state index in [0.717, 1.165) is 5.56 Å². The number of primary amides is 1. The molecule has 0 aliphatic rings. The van der Waals surface area contributed by atoms with Crippen molar-refractivity contribution in [1.29, 1.82) is 0 Å². The van der Waals surface area contributed by atoms with Crippen molar-refractivity contribution in [2.24, 2.45) is 5.73 Å². The SMILES string of the molecule is Cc1ccc(OCCCNC(=O)OC(C)(C)C)c(C(N)=O)c1. The highest BCUT2D eigenvalue weighted by molar-refractivity contribution is 5.95. The molecule has 1 aromatic carbocycles. The summed E-state index contributed by atoms with van der Waals surface area (Å²) >= 11 is 0. The maximum atomic E-state index is 11.4. The summed E-state index contributed by atoms with van der Waals surface area (Å²) in [5, 5.41) is 2.64. The number of alkyl carbamates (subject to hydrolysis) is 1. The van der Waals surface area contributed by atoms with Crippen LogP contribution in [0.1, 0.15) is 43.1 Å². The minimum absolute atomic E-state index is 0.360. The fourth-order valence-electron chi connectivity index (χ4n) is 1.72. The minimum Gasteiger partial charge on any atom is -0.493 e. The Kier molecular flexibility index (Phi) is 6.22. The first-order valence-corrected chi connectivity index (χ1v) is 7.19. The van der Waals surface area contributed by atoms with E-state index in [-0.39, 0.29) is 0 Å². The average molecular weight is 308 g/mol. The predicted molar refractivity (Wildman–Crippen MR) is 84.0 cm³/mol. The zero-order valence-corrected chi connectivity index (χ0v) is 13.6. The Morgan fingerprint density at radius 2 is 1.95 bits per heavy atom. The molecule has 0 heterocycles. The number of amides is 2. The molecule has 3 N–H and O–H groups in total. The lowest BCUT2D eigenvalue weighted by Gasteiger charge is -2.19. The molecular weight excluding hydrogens is 284 g/mol. The van der Waals surface area contributed by atoms with Gasteiger partial charge in [-0.1, -0.05) is 11.6 Å². The van der Waals surface area contributed by atoms with Crippen molar-refractivity contribution in [3.63, 3.8) is 0 Å². The highest BCUT2D eigenvalue weighted by Crippen LogP contribution is 2.19. The topological polar surface area (TPSA) is 90.7 Å². The van der Waals surface area contributed by atoms with Gasteiger partial charge in [0.15, 0.2) is 0 Å². The normalized spacial score (nSPS) is 10.9. The van der Waals surface area contributed by atoms with Crippen LogP contribution in [0, 0.1) is 6.92 Å². The molecule has 122 valence electrons. The van der Waals surface area contributed by atoms with Gasteiger partial charge in [0.25, 0.3) is 5.91 Å². The molecule has 2 amide bonds. The van der Waals surface area contributed by atoms with Gasteiger partial charge in [-0.3, -0.25) is 4.79 Å². The molecule has 0 aromatic heterocycles. The van der Waals surface area contributed by atoms with Crippen molar-refractivity contribution < 1.29 is 19.1 Å². The number of carbonyl (C=O) groups excluding carboxylic acids is 2. The fraction of sp³-hybridized carbons (Fsp3) is 0.500. The summed E-state index contributed by atoms with van der Waals surface area (Å²) < 4.78 is 10.7. The van der Waals surface area contributed by atoms with Crippen LogP contribution in [-0.4, -0.2) is 30.8 Å². The second-order valence-electron chi connectivity index (χ2n) is 5.99. The molecule has 0 radical (unpaired) electrons. The fourth-order valence-corrected chi connectivity index (χ4v) is 1.72. The number of rotatable bonds is 6. The van der Waals surface area contributed by atoms with E-state index in [4.69, 9.17) is 15.2 Å². The molecule has 0 atom stereocenters. The van der Waals surface area contributed by atoms with Crippen molar-refractivity contribution in [2.45, 2.75) is 39.7 Å². The van der Waals surface area contributed by atoms with Crippen LogP contribution >= 0.6 is 0 Å². The zero-order chi connectivity index (χ0) is 16.8. The minimum atomic E-state index is -0.523. The first-order valence-electron chi connectivity index (χ1n) is 7.19. The van der Waals surface area contributed by atoms with Crippen LogP contribution in [0.5, 0.6) is 5.75 Å². The number of nitrogens with one attached hydrogen (secondary N) is 1. The standard InChI is InChI=1S/C16H24N2O4/c1-11-6-7-13(12(10-11)14(17)19)21-9-5-8-18-15(20)22-16(2,3)4/h6-7,10H,5,8-9H2,1-4H3,(H2,17,19)(H,18,20). The largest absolute Gasteiger partial charge is 0.493 e. The molecule has 0 fully saturated rings. The molecule has 0 saturated carbocycles. The van der Waals surface area contributed by atoms with Gasteiger partial charge in [-0.05, 0) is 46.2 Å². The molecule has 1 aromatic rings. The lowest BCUT2D eigenvalue weighted by atomic mass is 10.1. The van der Waals surface area contributed by atoms with Crippen LogP contribution < -0.4 is 15.8 Å². The molecule has 6 heteroatoms. The predicted octanol–water partition coefficient (Wildman–Crippen LogP) is 2.39. The summed E-state index contributed by atoms with van der Waals surface area (Å²) in [5.74, 6) is -0.0686. The third kappa shape index (κ3) is 6.47. The third-order valence-corrected chi connectivity index (χ3v) is 2.65. The quantitative estimate of drug-likeness (QED) is 0.789. The van der Waals surface area contributed by atoms with E-state index < -0.39 is 17.6 Å². The van der Waals surface area contributed by atoms with Gasteiger partial charge in [-0.2, -0.15) is 0 Å². The highest BCUT2D eigenvalue weighted by atomic mass is 16.6. The van der Waals surface area contributed by atoms with Gasteiger partial charge >= 0.3 is 6.09 Å². The molecule has 0 bridgehead atoms. The van der Waals surface area contributed by atoms with Crippen molar-refractivity contribution in [3.05, 3.63) is 29.3 Å². The second kappa shape index (κ2) is 7.68. The van der Waals surface area contributed by atoms with E-state index in [1.165, 1.54) is 0 Å². The van der Waals surface area contributed by atoms with Crippen molar-refractivity contribution in [1.82, 2.24) is 5.32 Å². The van der Waals surface area contributed by atoms with Crippen molar-refractivity contribution in [2.75, 3.05) is 13.2 Å². The van der Waals surface area contributed by atoms with E-state index in [2.05, 4.69) is 5.32 Å². The van der Waals surface area contributed by atoms with Crippen LogP contribution in [0.15, 0.2) is 18.2 Å². The molecule has 0 aliphatic carbocycles. The van der Waals surface area contributed by atoms with E-state index in [0.29, 0.717) is 30.9 Å². The van der Waals surface area contributed by atoms with Crippen LogP contribution in [0.3, 0.4) is 0 Å². The Hall–Kier alpha value is -2.24. The first-order chi connectivity index (χ1) is 10.2. The summed E-state index contributed by atoms with van der Waals surface area (Å²) in [4.78, 5) is 22.8. The Morgan fingerprint density at radius 1 is 1.27 bits per heavy atom. The number of aryl methyl sites for hydroxylation is 1. The maximum Gasteiger partial charge on any atom is 0.407 e. The third-order valence-electron chi connectivity index (χ3n) is 2.65. The average Bonchev–Trinajstić information content (AvgIpc) is 2.37. The Morgan fingerprint density at radius 3 is 2.55 bits per heavy atom. The summed E-state index contributed by atoms with van der Waals surface area (Å²) in [5.41, 5.74) is 6.10.